The Hall–Kier alpha value is -1.64. The Bertz CT molecular complexity index is 799. The van der Waals surface area contributed by atoms with Gasteiger partial charge in [0.25, 0.3) is 0 Å². The third-order valence-electron chi connectivity index (χ3n) is 3.25. The van der Waals surface area contributed by atoms with Crippen LogP contribution in [0.5, 0.6) is 11.5 Å². The van der Waals surface area contributed by atoms with Crippen molar-refractivity contribution in [2.24, 2.45) is 0 Å². The van der Waals surface area contributed by atoms with E-state index in [1.807, 2.05) is 13.8 Å². The Kier molecular flexibility index (Phi) is 4.07. The summed E-state index contributed by atoms with van der Waals surface area (Å²) in [4.78, 5) is 5.37. The van der Waals surface area contributed by atoms with Crippen molar-refractivity contribution in [3.05, 3.63) is 33.8 Å². The van der Waals surface area contributed by atoms with Gasteiger partial charge in [0.05, 0.1) is 15.6 Å². The van der Waals surface area contributed by atoms with E-state index in [1.165, 1.54) is 23.5 Å². The molecule has 118 valence electrons. The standard InChI is InChI=1S/C14H16N2O4S2/c1-9-14(21-10(2)16-9)8-15-22(17,18)11-3-4-12-13(7-11)20-6-5-19-12/h3-4,7,15H,5-6,8H2,1-2H3. The minimum Gasteiger partial charge on any atom is -0.486 e. The number of benzene rings is 1. The van der Waals surface area contributed by atoms with Crippen molar-refractivity contribution >= 4 is 21.4 Å². The fraction of sp³-hybridized carbons (Fsp3) is 0.357. The second-order valence-electron chi connectivity index (χ2n) is 4.87. The fourth-order valence-electron chi connectivity index (χ4n) is 2.17. The van der Waals surface area contributed by atoms with Gasteiger partial charge in [-0.2, -0.15) is 0 Å². The van der Waals surface area contributed by atoms with Gasteiger partial charge in [0.2, 0.25) is 10.0 Å². The number of ether oxygens (including phenoxy) is 2. The molecule has 2 aromatic rings. The number of sulfonamides is 1. The number of nitrogens with zero attached hydrogens (tertiary/aromatic N) is 1. The lowest BCUT2D eigenvalue weighted by Gasteiger charge is -2.18. The highest BCUT2D eigenvalue weighted by atomic mass is 32.2. The molecule has 1 aromatic carbocycles. The highest BCUT2D eigenvalue weighted by molar-refractivity contribution is 7.89. The molecule has 8 heteroatoms. The van der Waals surface area contributed by atoms with E-state index in [0.717, 1.165) is 15.6 Å². The van der Waals surface area contributed by atoms with Crippen molar-refractivity contribution in [2.75, 3.05) is 13.2 Å². The molecule has 6 nitrogen and oxygen atoms in total. The van der Waals surface area contributed by atoms with E-state index >= 15 is 0 Å². The maximum atomic E-state index is 12.4. The predicted molar refractivity (Wildman–Crippen MR) is 83.0 cm³/mol. The summed E-state index contributed by atoms with van der Waals surface area (Å²) in [6.45, 7) is 4.90. The summed E-state index contributed by atoms with van der Waals surface area (Å²) in [5.41, 5.74) is 0.854. The lowest BCUT2D eigenvalue weighted by atomic mass is 10.3. The fourth-order valence-corrected chi connectivity index (χ4v) is 4.15. The van der Waals surface area contributed by atoms with Gasteiger partial charge in [0.1, 0.15) is 13.2 Å². The zero-order chi connectivity index (χ0) is 15.7. The van der Waals surface area contributed by atoms with Gasteiger partial charge in [-0.05, 0) is 26.0 Å². The normalized spacial score (nSPS) is 14.1. The number of fused-ring (bicyclic) bond motifs is 1. The quantitative estimate of drug-likeness (QED) is 0.921. The van der Waals surface area contributed by atoms with Crippen LogP contribution in [0.3, 0.4) is 0 Å². The number of hydrogen-bond acceptors (Lipinski definition) is 6. The van der Waals surface area contributed by atoms with Crippen LogP contribution >= 0.6 is 11.3 Å². The van der Waals surface area contributed by atoms with Gasteiger partial charge in [-0.15, -0.1) is 11.3 Å². The van der Waals surface area contributed by atoms with Gasteiger partial charge < -0.3 is 9.47 Å². The average Bonchev–Trinajstić information content (AvgIpc) is 2.82. The summed E-state index contributed by atoms with van der Waals surface area (Å²) < 4.78 is 38.2. The Labute approximate surface area is 133 Å². The number of hydrogen-bond donors (Lipinski definition) is 1. The maximum absolute atomic E-state index is 12.4. The van der Waals surface area contributed by atoms with Crippen LogP contribution in [0.15, 0.2) is 23.1 Å². The zero-order valence-corrected chi connectivity index (χ0v) is 13.9. The van der Waals surface area contributed by atoms with Crippen LogP contribution in [-0.4, -0.2) is 26.6 Å². The first-order valence-corrected chi connectivity index (χ1v) is 9.08. The summed E-state index contributed by atoms with van der Waals surface area (Å²) in [5.74, 6) is 1.03. The molecule has 0 bridgehead atoms. The Balaban J connectivity index is 1.79. The molecule has 0 fully saturated rings. The van der Waals surface area contributed by atoms with Gasteiger partial charge in [-0.3, -0.25) is 0 Å². The number of aryl methyl sites for hydroxylation is 2. The van der Waals surface area contributed by atoms with E-state index in [4.69, 9.17) is 9.47 Å². The number of thiazole rings is 1. The third kappa shape index (κ3) is 3.08. The van der Waals surface area contributed by atoms with Crippen molar-refractivity contribution in [3.63, 3.8) is 0 Å². The summed E-state index contributed by atoms with van der Waals surface area (Å²) in [5, 5.41) is 0.922. The monoisotopic (exact) mass is 340 g/mol. The number of nitrogens with one attached hydrogen (secondary N) is 1. The van der Waals surface area contributed by atoms with E-state index in [0.29, 0.717) is 24.7 Å². The molecule has 0 saturated heterocycles. The Morgan fingerprint density at radius 1 is 1.23 bits per heavy atom. The molecular formula is C14H16N2O4S2. The Morgan fingerprint density at radius 3 is 2.64 bits per heavy atom. The Morgan fingerprint density at radius 2 is 1.95 bits per heavy atom. The molecule has 22 heavy (non-hydrogen) atoms. The topological polar surface area (TPSA) is 77.5 Å². The molecule has 0 spiro atoms. The highest BCUT2D eigenvalue weighted by Crippen LogP contribution is 2.32. The van der Waals surface area contributed by atoms with Gasteiger partial charge in [0.15, 0.2) is 11.5 Å². The molecule has 0 amide bonds. The van der Waals surface area contributed by atoms with Crippen LogP contribution in [0, 0.1) is 13.8 Å². The van der Waals surface area contributed by atoms with Crippen molar-refractivity contribution in [2.45, 2.75) is 25.3 Å². The van der Waals surface area contributed by atoms with Crippen molar-refractivity contribution in [1.29, 1.82) is 0 Å². The molecule has 0 saturated carbocycles. The second-order valence-corrected chi connectivity index (χ2v) is 7.93. The van der Waals surface area contributed by atoms with E-state index in [1.54, 1.807) is 6.07 Å². The second kappa shape index (κ2) is 5.86. The van der Waals surface area contributed by atoms with E-state index in [-0.39, 0.29) is 11.4 Å². The van der Waals surface area contributed by atoms with Gasteiger partial charge >= 0.3 is 0 Å². The predicted octanol–water partition coefficient (Wildman–Crippen LogP) is 2.01. The molecule has 3 rings (SSSR count). The van der Waals surface area contributed by atoms with Crippen LogP contribution in [0.4, 0.5) is 0 Å². The summed E-state index contributed by atoms with van der Waals surface area (Å²) >= 11 is 1.49. The number of rotatable bonds is 4. The largest absolute Gasteiger partial charge is 0.486 e. The molecular weight excluding hydrogens is 324 g/mol. The first-order chi connectivity index (χ1) is 10.5. The molecule has 1 aliphatic heterocycles. The third-order valence-corrected chi connectivity index (χ3v) is 5.72. The first kappa shape index (κ1) is 15.3. The average molecular weight is 340 g/mol. The van der Waals surface area contributed by atoms with E-state index in [9.17, 15) is 8.42 Å². The minimum absolute atomic E-state index is 0.163. The lowest BCUT2D eigenvalue weighted by molar-refractivity contribution is 0.171. The van der Waals surface area contributed by atoms with Crippen LogP contribution < -0.4 is 14.2 Å². The SMILES string of the molecule is Cc1nc(C)c(CNS(=O)(=O)c2ccc3c(c2)OCCO3)s1. The van der Waals surface area contributed by atoms with Gasteiger partial charge in [-0.25, -0.2) is 18.1 Å². The molecule has 2 heterocycles. The maximum Gasteiger partial charge on any atom is 0.241 e. The molecule has 1 aromatic heterocycles. The van der Waals surface area contributed by atoms with Crippen molar-refractivity contribution in [1.82, 2.24) is 9.71 Å². The van der Waals surface area contributed by atoms with Crippen LogP contribution in [0.25, 0.3) is 0 Å². The lowest BCUT2D eigenvalue weighted by Crippen LogP contribution is -2.23. The smallest absolute Gasteiger partial charge is 0.241 e. The molecule has 0 radical (unpaired) electrons. The first-order valence-electron chi connectivity index (χ1n) is 6.78. The highest BCUT2D eigenvalue weighted by Gasteiger charge is 2.19. The molecule has 1 aliphatic rings. The zero-order valence-electron chi connectivity index (χ0n) is 12.3. The summed E-state index contributed by atoms with van der Waals surface area (Å²) in [6.07, 6.45) is 0. The van der Waals surface area contributed by atoms with E-state index < -0.39 is 10.0 Å². The van der Waals surface area contributed by atoms with Gasteiger partial charge in [-0.1, -0.05) is 0 Å². The summed E-state index contributed by atoms with van der Waals surface area (Å²) in [6, 6.07) is 4.62. The molecule has 1 N–H and O–H groups in total. The summed E-state index contributed by atoms with van der Waals surface area (Å²) in [7, 11) is -3.61. The van der Waals surface area contributed by atoms with Crippen molar-refractivity contribution < 1.29 is 17.9 Å². The molecule has 0 aliphatic carbocycles. The van der Waals surface area contributed by atoms with Crippen molar-refractivity contribution in [3.8, 4) is 11.5 Å². The van der Waals surface area contributed by atoms with E-state index in [2.05, 4.69) is 9.71 Å². The minimum atomic E-state index is -3.61. The van der Waals surface area contributed by atoms with Crippen LogP contribution in [-0.2, 0) is 16.6 Å². The van der Waals surface area contributed by atoms with Crippen LogP contribution in [0.1, 0.15) is 15.6 Å². The molecule has 0 atom stereocenters. The van der Waals surface area contributed by atoms with Crippen LogP contribution in [0.2, 0.25) is 0 Å². The molecule has 0 unspecified atom stereocenters. The van der Waals surface area contributed by atoms with Gasteiger partial charge in [0, 0.05) is 17.5 Å². The number of aromatic nitrogens is 1.